The van der Waals surface area contributed by atoms with Gasteiger partial charge >= 0.3 is 0 Å². The predicted molar refractivity (Wildman–Crippen MR) is 66.8 cm³/mol. The smallest absolute Gasteiger partial charge is 0.0890 e. The van der Waals surface area contributed by atoms with Crippen molar-refractivity contribution in [1.82, 2.24) is 0 Å². The molecule has 0 aromatic heterocycles. The number of aliphatic hydroxyl groups is 1. The van der Waals surface area contributed by atoms with Crippen LogP contribution in [0, 0.1) is 0 Å². The minimum atomic E-state index is -1.61. The molecule has 3 heteroatoms. The number of nitrogens with zero attached hydrogens (tertiary/aromatic N) is 1. The van der Waals surface area contributed by atoms with Gasteiger partial charge < -0.3 is 5.11 Å². The van der Waals surface area contributed by atoms with Crippen LogP contribution >= 0.6 is 0 Å². The molecule has 1 atom stereocenters. The van der Waals surface area contributed by atoms with Crippen LogP contribution in [-0.4, -0.2) is 30.2 Å². The van der Waals surface area contributed by atoms with Crippen molar-refractivity contribution in [2.45, 2.75) is 65.0 Å². The Balaban J connectivity index is 5.04. The molecule has 0 aliphatic carbocycles. The SMILES string of the molecule is CCC(=NC(C)C)C(C)(O)[Si](C)(C)C. The molecule has 14 heavy (non-hydrogen) atoms. The maximum atomic E-state index is 10.5. The van der Waals surface area contributed by atoms with Crippen LogP contribution in [0.4, 0.5) is 0 Å². The molecule has 0 aromatic carbocycles. The van der Waals surface area contributed by atoms with Gasteiger partial charge in [0.2, 0.25) is 0 Å². The van der Waals surface area contributed by atoms with E-state index in [-0.39, 0.29) is 6.04 Å². The topological polar surface area (TPSA) is 32.6 Å². The molecule has 1 unspecified atom stereocenters. The molecular formula is C11H25NOSi. The fourth-order valence-electron chi connectivity index (χ4n) is 1.31. The van der Waals surface area contributed by atoms with Crippen LogP contribution < -0.4 is 0 Å². The maximum absolute atomic E-state index is 10.5. The summed E-state index contributed by atoms with van der Waals surface area (Å²) < 4.78 is 0. The molecular weight excluding hydrogens is 190 g/mol. The summed E-state index contributed by atoms with van der Waals surface area (Å²) in [6.07, 6.45) is 0.843. The van der Waals surface area contributed by atoms with Crippen molar-refractivity contribution in [3.05, 3.63) is 0 Å². The van der Waals surface area contributed by atoms with Gasteiger partial charge in [0.15, 0.2) is 0 Å². The van der Waals surface area contributed by atoms with Gasteiger partial charge in [-0.15, -0.1) is 0 Å². The van der Waals surface area contributed by atoms with E-state index in [1.54, 1.807) is 0 Å². The van der Waals surface area contributed by atoms with Crippen LogP contribution in [0.25, 0.3) is 0 Å². The molecule has 0 aliphatic rings. The molecule has 0 heterocycles. The second-order valence-corrected chi connectivity index (χ2v) is 10.8. The van der Waals surface area contributed by atoms with Crippen molar-refractivity contribution < 1.29 is 5.11 Å². The Morgan fingerprint density at radius 2 is 1.79 bits per heavy atom. The van der Waals surface area contributed by atoms with E-state index < -0.39 is 13.3 Å². The highest BCUT2D eigenvalue weighted by Gasteiger charge is 2.40. The fraction of sp³-hybridized carbons (Fsp3) is 0.909. The number of hydrogen-bond donors (Lipinski definition) is 1. The zero-order valence-electron chi connectivity index (χ0n) is 10.7. The van der Waals surface area contributed by atoms with E-state index in [0.717, 1.165) is 12.1 Å². The van der Waals surface area contributed by atoms with Gasteiger partial charge in [0.1, 0.15) is 0 Å². The van der Waals surface area contributed by atoms with Crippen molar-refractivity contribution in [3.8, 4) is 0 Å². The average Bonchev–Trinajstić information content (AvgIpc) is 1.97. The average molecular weight is 215 g/mol. The molecule has 0 saturated carbocycles. The summed E-state index contributed by atoms with van der Waals surface area (Å²) in [4.78, 5) is 4.53. The lowest BCUT2D eigenvalue weighted by Gasteiger charge is -2.36. The summed E-state index contributed by atoms with van der Waals surface area (Å²) in [5, 5.41) is 9.82. The van der Waals surface area contributed by atoms with Gasteiger partial charge in [0, 0.05) is 11.8 Å². The van der Waals surface area contributed by atoms with Crippen LogP contribution in [0.15, 0.2) is 4.99 Å². The first-order valence-corrected chi connectivity index (χ1v) is 8.92. The molecule has 0 amide bonds. The maximum Gasteiger partial charge on any atom is 0.0890 e. The fourth-order valence-corrected chi connectivity index (χ4v) is 2.41. The molecule has 0 aliphatic heterocycles. The van der Waals surface area contributed by atoms with Gasteiger partial charge in [-0.25, -0.2) is 0 Å². The lowest BCUT2D eigenvalue weighted by molar-refractivity contribution is 0.204. The molecule has 0 rings (SSSR count). The molecule has 0 spiro atoms. The predicted octanol–water partition coefficient (Wildman–Crippen LogP) is 2.87. The van der Waals surface area contributed by atoms with E-state index in [1.165, 1.54) is 0 Å². The summed E-state index contributed by atoms with van der Waals surface area (Å²) in [7, 11) is -1.61. The van der Waals surface area contributed by atoms with Gasteiger partial charge in [0.05, 0.1) is 13.3 Å². The zero-order chi connectivity index (χ0) is 11.6. The van der Waals surface area contributed by atoms with Gasteiger partial charge in [-0.1, -0.05) is 26.6 Å². The monoisotopic (exact) mass is 215 g/mol. The summed E-state index contributed by atoms with van der Waals surface area (Å²) in [6.45, 7) is 14.6. The number of aliphatic imine (C=N–C) groups is 1. The summed E-state index contributed by atoms with van der Waals surface area (Å²) >= 11 is 0. The van der Waals surface area contributed by atoms with E-state index in [2.05, 4.69) is 45.4 Å². The molecule has 0 saturated heterocycles. The van der Waals surface area contributed by atoms with E-state index in [4.69, 9.17) is 0 Å². The van der Waals surface area contributed by atoms with Crippen LogP contribution in [0.2, 0.25) is 19.6 Å². The highest BCUT2D eigenvalue weighted by Crippen LogP contribution is 2.23. The van der Waals surface area contributed by atoms with Crippen molar-refractivity contribution in [3.63, 3.8) is 0 Å². The van der Waals surface area contributed by atoms with Crippen molar-refractivity contribution in [1.29, 1.82) is 0 Å². The molecule has 84 valence electrons. The highest BCUT2D eigenvalue weighted by molar-refractivity contribution is 6.82. The molecule has 1 N–H and O–H groups in total. The zero-order valence-corrected chi connectivity index (χ0v) is 11.7. The summed E-state index contributed by atoms with van der Waals surface area (Å²) in [5.74, 6) is 0. The second-order valence-electron chi connectivity index (χ2n) is 5.35. The van der Waals surface area contributed by atoms with Crippen molar-refractivity contribution >= 4 is 13.8 Å². The Morgan fingerprint density at radius 1 is 1.36 bits per heavy atom. The Bertz CT molecular complexity index is 214. The van der Waals surface area contributed by atoms with Gasteiger partial charge in [-0.2, -0.15) is 0 Å². The minimum absolute atomic E-state index is 0.271. The standard InChI is InChI=1S/C11H25NOSi/c1-8-10(12-9(2)3)11(4,13)14(5,6)7/h9,13H,8H2,1-7H3. The van der Waals surface area contributed by atoms with E-state index >= 15 is 0 Å². The van der Waals surface area contributed by atoms with E-state index in [0.29, 0.717) is 0 Å². The van der Waals surface area contributed by atoms with Crippen LogP contribution in [0.5, 0.6) is 0 Å². The third kappa shape index (κ3) is 3.21. The molecule has 0 radical (unpaired) electrons. The number of hydrogen-bond acceptors (Lipinski definition) is 2. The van der Waals surface area contributed by atoms with Crippen molar-refractivity contribution in [2.24, 2.45) is 4.99 Å². The Labute approximate surface area is 89.5 Å². The van der Waals surface area contributed by atoms with E-state index in [1.807, 2.05) is 6.92 Å². The third-order valence-corrected chi connectivity index (χ3v) is 5.98. The largest absolute Gasteiger partial charge is 0.388 e. The second kappa shape index (κ2) is 4.58. The quantitative estimate of drug-likeness (QED) is 0.567. The first-order valence-electron chi connectivity index (χ1n) is 5.42. The minimum Gasteiger partial charge on any atom is -0.388 e. The first-order chi connectivity index (χ1) is 6.13. The molecule has 0 bridgehead atoms. The third-order valence-electron chi connectivity index (χ3n) is 2.77. The molecule has 0 aromatic rings. The summed E-state index contributed by atoms with van der Waals surface area (Å²) in [6, 6.07) is 0.271. The Kier molecular flexibility index (Phi) is 4.53. The Hall–Kier alpha value is -0.153. The van der Waals surface area contributed by atoms with Crippen LogP contribution in [0.1, 0.15) is 34.1 Å². The normalized spacial score (nSPS) is 18.5. The van der Waals surface area contributed by atoms with Crippen LogP contribution in [-0.2, 0) is 0 Å². The van der Waals surface area contributed by atoms with Gasteiger partial charge in [-0.3, -0.25) is 4.99 Å². The lowest BCUT2D eigenvalue weighted by atomic mass is 10.1. The van der Waals surface area contributed by atoms with Crippen molar-refractivity contribution in [2.75, 3.05) is 0 Å². The van der Waals surface area contributed by atoms with Crippen LogP contribution in [0.3, 0.4) is 0 Å². The Morgan fingerprint density at radius 3 is 2.00 bits per heavy atom. The molecule has 2 nitrogen and oxygen atoms in total. The summed E-state index contributed by atoms with van der Waals surface area (Å²) in [5.41, 5.74) is 0.965. The van der Waals surface area contributed by atoms with E-state index in [9.17, 15) is 5.11 Å². The molecule has 0 fully saturated rings. The number of rotatable bonds is 4. The van der Waals surface area contributed by atoms with Gasteiger partial charge in [-0.05, 0) is 27.2 Å². The highest BCUT2D eigenvalue weighted by atomic mass is 28.3. The van der Waals surface area contributed by atoms with Gasteiger partial charge in [0.25, 0.3) is 0 Å². The lowest BCUT2D eigenvalue weighted by Crippen LogP contribution is -2.55. The first kappa shape index (κ1) is 13.8.